The summed E-state index contributed by atoms with van der Waals surface area (Å²) < 4.78 is 15.4. The second kappa shape index (κ2) is 7.27. The van der Waals surface area contributed by atoms with Gasteiger partial charge in [0.2, 0.25) is 0 Å². The molecule has 0 N–H and O–H groups in total. The van der Waals surface area contributed by atoms with Gasteiger partial charge in [-0.15, -0.1) is 0 Å². The van der Waals surface area contributed by atoms with Gasteiger partial charge in [0.1, 0.15) is 22.6 Å². The van der Waals surface area contributed by atoms with Gasteiger partial charge in [-0.05, 0) is 24.3 Å². The number of imidazole rings is 1. The SMILES string of the molecule is CC(C)C(=O)Oc1cn(Cc2ccco2)c2nc(C(C)C)n3c4ccccc4nc3c12. The van der Waals surface area contributed by atoms with Crippen LogP contribution in [0.3, 0.4) is 0 Å². The molecule has 0 unspecified atom stereocenters. The first-order chi connectivity index (χ1) is 14.9. The highest BCUT2D eigenvalue weighted by Crippen LogP contribution is 2.35. The van der Waals surface area contributed by atoms with Gasteiger partial charge < -0.3 is 13.7 Å². The minimum atomic E-state index is -0.292. The van der Waals surface area contributed by atoms with Gasteiger partial charge >= 0.3 is 5.97 Å². The molecule has 7 nitrogen and oxygen atoms in total. The molecule has 5 aromatic rings. The monoisotopic (exact) mass is 416 g/mol. The molecule has 7 heteroatoms. The summed E-state index contributed by atoms with van der Waals surface area (Å²) in [6.07, 6.45) is 3.47. The van der Waals surface area contributed by atoms with Crippen LogP contribution < -0.4 is 4.74 Å². The van der Waals surface area contributed by atoms with Crippen molar-refractivity contribution in [3.63, 3.8) is 0 Å². The molecule has 1 aromatic carbocycles. The highest BCUT2D eigenvalue weighted by molar-refractivity contribution is 6.01. The van der Waals surface area contributed by atoms with Crippen molar-refractivity contribution in [2.45, 2.75) is 40.2 Å². The van der Waals surface area contributed by atoms with E-state index in [1.54, 1.807) is 6.26 Å². The lowest BCUT2D eigenvalue weighted by molar-refractivity contribution is -0.137. The van der Waals surface area contributed by atoms with Gasteiger partial charge in [0.05, 0.1) is 29.8 Å². The number of benzene rings is 1. The van der Waals surface area contributed by atoms with Crippen molar-refractivity contribution in [2.24, 2.45) is 5.92 Å². The van der Waals surface area contributed by atoms with Crippen molar-refractivity contribution in [3.8, 4) is 5.75 Å². The van der Waals surface area contributed by atoms with E-state index in [-0.39, 0.29) is 17.8 Å². The molecule has 0 aliphatic heterocycles. The molecule has 31 heavy (non-hydrogen) atoms. The molecule has 5 rings (SSSR count). The summed E-state index contributed by atoms with van der Waals surface area (Å²) in [7, 11) is 0. The van der Waals surface area contributed by atoms with Crippen LogP contribution in [0.2, 0.25) is 0 Å². The maximum Gasteiger partial charge on any atom is 0.313 e. The lowest BCUT2D eigenvalue weighted by Gasteiger charge is -2.11. The second-order valence-electron chi connectivity index (χ2n) is 8.36. The number of hydrogen-bond donors (Lipinski definition) is 0. The van der Waals surface area contributed by atoms with Crippen LogP contribution in [0, 0.1) is 5.92 Å². The van der Waals surface area contributed by atoms with Crippen molar-refractivity contribution in [1.29, 1.82) is 0 Å². The summed E-state index contributed by atoms with van der Waals surface area (Å²) in [6, 6.07) is 11.7. The van der Waals surface area contributed by atoms with Gasteiger partial charge in [-0.1, -0.05) is 39.8 Å². The Bertz CT molecular complexity index is 1410. The minimum Gasteiger partial charge on any atom is -0.467 e. The maximum absolute atomic E-state index is 12.5. The molecule has 158 valence electrons. The summed E-state index contributed by atoms with van der Waals surface area (Å²) in [6.45, 7) is 8.34. The average molecular weight is 416 g/mol. The number of furan rings is 1. The quantitative estimate of drug-likeness (QED) is 0.370. The van der Waals surface area contributed by atoms with Crippen LogP contribution >= 0.6 is 0 Å². The molecule has 0 saturated carbocycles. The number of nitrogens with zero attached hydrogens (tertiary/aromatic N) is 4. The molecule has 0 bridgehead atoms. The number of aromatic nitrogens is 4. The Morgan fingerprint density at radius 2 is 1.87 bits per heavy atom. The van der Waals surface area contributed by atoms with E-state index in [1.165, 1.54) is 0 Å². The molecule has 0 saturated heterocycles. The second-order valence-corrected chi connectivity index (χ2v) is 8.36. The first-order valence-electron chi connectivity index (χ1n) is 10.5. The number of ether oxygens (including phenoxy) is 1. The van der Waals surface area contributed by atoms with Crippen LogP contribution in [-0.2, 0) is 11.3 Å². The maximum atomic E-state index is 12.5. The summed E-state index contributed by atoms with van der Waals surface area (Å²) in [4.78, 5) is 22.4. The third kappa shape index (κ3) is 3.17. The van der Waals surface area contributed by atoms with E-state index in [1.807, 2.05) is 61.0 Å². The van der Waals surface area contributed by atoms with Gasteiger partial charge in [0.15, 0.2) is 11.4 Å². The van der Waals surface area contributed by atoms with Gasteiger partial charge in [-0.25, -0.2) is 9.97 Å². The molecule has 0 fully saturated rings. The van der Waals surface area contributed by atoms with Crippen LogP contribution in [0.25, 0.3) is 27.7 Å². The summed E-state index contributed by atoms with van der Waals surface area (Å²) in [5.41, 5.74) is 3.31. The van der Waals surface area contributed by atoms with Crippen molar-refractivity contribution < 1.29 is 13.9 Å². The third-order valence-electron chi connectivity index (χ3n) is 5.35. The number of carbonyl (C=O) groups excluding carboxylic acids is 1. The van der Waals surface area contributed by atoms with Crippen LogP contribution in [0.4, 0.5) is 0 Å². The predicted molar refractivity (Wildman–Crippen MR) is 118 cm³/mol. The van der Waals surface area contributed by atoms with Crippen molar-refractivity contribution in [1.82, 2.24) is 18.9 Å². The highest BCUT2D eigenvalue weighted by Gasteiger charge is 2.24. The predicted octanol–water partition coefficient (Wildman–Crippen LogP) is 5.16. The number of esters is 1. The topological polar surface area (TPSA) is 74.6 Å². The van der Waals surface area contributed by atoms with E-state index in [0.717, 1.165) is 39.3 Å². The number of hydrogen-bond acceptors (Lipinski definition) is 5. The summed E-state index contributed by atoms with van der Waals surface area (Å²) >= 11 is 0. The standard InChI is InChI=1S/C24H24N4O3/c1-14(2)21-26-22-20(23-25-17-9-5-6-10-18(17)28(21)23)19(31-24(29)15(3)4)13-27(22)12-16-8-7-11-30-16/h5-11,13-15H,12H2,1-4H3. The molecule has 0 aliphatic carbocycles. The van der Waals surface area contributed by atoms with E-state index in [2.05, 4.69) is 18.2 Å². The Labute approximate surface area is 179 Å². The number of fused-ring (bicyclic) bond motifs is 5. The molecular weight excluding hydrogens is 392 g/mol. The molecule has 0 spiro atoms. The third-order valence-corrected chi connectivity index (χ3v) is 5.35. The van der Waals surface area contributed by atoms with Crippen molar-refractivity contribution in [3.05, 3.63) is 60.4 Å². The molecule has 0 amide bonds. The zero-order chi connectivity index (χ0) is 21.7. The zero-order valence-electron chi connectivity index (χ0n) is 18.0. The van der Waals surface area contributed by atoms with E-state index >= 15 is 0 Å². The van der Waals surface area contributed by atoms with Gasteiger partial charge in [0, 0.05) is 12.1 Å². The van der Waals surface area contributed by atoms with Crippen LogP contribution in [0.1, 0.15) is 45.2 Å². The lowest BCUT2D eigenvalue weighted by Crippen LogP contribution is -2.14. The smallest absolute Gasteiger partial charge is 0.313 e. The Kier molecular flexibility index (Phi) is 4.54. The Balaban J connectivity index is 1.86. The van der Waals surface area contributed by atoms with Gasteiger partial charge in [0.25, 0.3) is 0 Å². The van der Waals surface area contributed by atoms with Crippen LogP contribution in [0.5, 0.6) is 5.75 Å². The molecule has 0 aliphatic rings. The fourth-order valence-electron chi connectivity index (χ4n) is 3.82. The lowest BCUT2D eigenvalue weighted by atomic mass is 10.2. The molecule has 0 atom stereocenters. The Morgan fingerprint density at radius 3 is 2.58 bits per heavy atom. The minimum absolute atomic E-state index is 0.165. The van der Waals surface area contributed by atoms with E-state index in [4.69, 9.17) is 19.1 Å². The number of para-hydroxylation sites is 2. The summed E-state index contributed by atoms with van der Waals surface area (Å²) in [5, 5.41) is 0.723. The summed E-state index contributed by atoms with van der Waals surface area (Å²) in [5.74, 6) is 1.78. The first-order valence-corrected chi connectivity index (χ1v) is 10.5. The molecule has 4 heterocycles. The first kappa shape index (κ1) is 19.4. The molecule has 0 radical (unpaired) electrons. The fourth-order valence-corrected chi connectivity index (χ4v) is 3.82. The van der Waals surface area contributed by atoms with E-state index in [0.29, 0.717) is 12.3 Å². The average Bonchev–Trinajstić information content (AvgIpc) is 3.45. The largest absolute Gasteiger partial charge is 0.467 e. The highest BCUT2D eigenvalue weighted by atomic mass is 16.5. The Morgan fingerprint density at radius 1 is 1.06 bits per heavy atom. The molecular formula is C24H24N4O3. The van der Waals surface area contributed by atoms with Gasteiger partial charge in [-0.3, -0.25) is 9.20 Å². The fraction of sp³-hybridized carbons (Fsp3) is 0.292. The van der Waals surface area contributed by atoms with Gasteiger partial charge in [-0.2, -0.15) is 0 Å². The van der Waals surface area contributed by atoms with Crippen molar-refractivity contribution >= 4 is 33.7 Å². The molecule has 4 aromatic heterocycles. The van der Waals surface area contributed by atoms with Crippen LogP contribution in [-0.4, -0.2) is 24.9 Å². The van der Waals surface area contributed by atoms with Crippen LogP contribution in [0.15, 0.2) is 53.3 Å². The Hall–Kier alpha value is -3.61. The normalized spacial score (nSPS) is 12.1. The van der Waals surface area contributed by atoms with Crippen molar-refractivity contribution in [2.75, 3.05) is 0 Å². The number of rotatable bonds is 5. The van der Waals surface area contributed by atoms with E-state index < -0.39 is 0 Å². The number of carbonyl (C=O) groups is 1. The zero-order valence-corrected chi connectivity index (χ0v) is 18.0. The van der Waals surface area contributed by atoms with E-state index in [9.17, 15) is 4.79 Å².